The minimum atomic E-state index is 0. The van der Waals surface area contributed by atoms with Crippen LogP contribution in [0.1, 0.15) is 12.8 Å². The van der Waals surface area contributed by atoms with E-state index in [1.54, 1.807) is 0 Å². The van der Waals surface area contributed by atoms with Crippen LogP contribution < -0.4 is 14.8 Å². The third-order valence-electron chi connectivity index (χ3n) is 4.05. The molecule has 0 bridgehead atoms. The fraction of sp³-hybridized carbons (Fsp3) is 0.625. The van der Waals surface area contributed by atoms with Gasteiger partial charge >= 0.3 is 0 Å². The Morgan fingerprint density at radius 3 is 2.81 bits per heavy atom. The van der Waals surface area contributed by atoms with Crippen molar-refractivity contribution in [2.75, 3.05) is 39.8 Å². The summed E-state index contributed by atoms with van der Waals surface area (Å²) in [7, 11) is 2.18. The molecule has 0 spiro atoms. The van der Waals surface area contributed by atoms with Crippen LogP contribution in [0.2, 0.25) is 0 Å². The molecule has 0 saturated carbocycles. The number of rotatable bonds is 4. The summed E-state index contributed by atoms with van der Waals surface area (Å²) >= 11 is 0. The van der Waals surface area contributed by atoms with Crippen molar-refractivity contribution in [1.29, 1.82) is 0 Å². The molecule has 0 amide bonds. The topological polar surface area (TPSA) is 33.7 Å². The van der Waals surface area contributed by atoms with Gasteiger partial charge in [0.15, 0.2) is 11.5 Å². The average molecular weight is 313 g/mol. The largest absolute Gasteiger partial charge is 0.486 e. The number of benzene rings is 1. The molecule has 21 heavy (non-hydrogen) atoms. The molecule has 5 heteroatoms. The van der Waals surface area contributed by atoms with Crippen LogP contribution in [0.15, 0.2) is 24.3 Å². The van der Waals surface area contributed by atoms with Gasteiger partial charge in [0.2, 0.25) is 0 Å². The van der Waals surface area contributed by atoms with Gasteiger partial charge in [0.05, 0.1) is 0 Å². The molecule has 2 aliphatic rings. The van der Waals surface area contributed by atoms with Crippen molar-refractivity contribution in [2.24, 2.45) is 5.92 Å². The van der Waals surface area contributed by atoms with Crippen LogP contribution in [-0.4, -0.2) is 50.8 Å². The molecule has 2 aliphatic heterocycles. The van der Waals surface area contributed by atoms with Crippen LogP contribution in [0.25, 0.3) is 0 Å². The van der Waals surface area contributed by atoms with Gasteiger partial charge in [-0.3, -0.25) is 0 Å². The highest BCUT2D eigenvalue weighted by molar-refractivity contribution is 5.85. The number of piperidine rings is 1. The van der Waals surface area contributed by atoms with Gasteiger partial charge in [-0.1, -0.05) is 12.1 Å². The fourth-order valence-electron chi connectivity index (χ4n) is 3.10. The summed E-state index contributed by atoms with van der Waals surface area (Å²) in [5.41, 5.74) is 0. The molecule has 1 N–H and O–H groups in total. The molecule has 3 rings (SSSR count). The molecular weight excluding hydrogens is 288 g/mol. The monoisotopic (exact) mass is 312 g/mol. The standard InChI is InChI=1S/C16H24N2O2.ClH/c1-18(10-13-5-4-8-17-9-13)11-14-12-19-15-6-2-3-7-16(15)20-14;/h2-3,6-7,13-14,17H,4-5,8-12H2,1H3;1H. The van der Waals surface area contributed by atoms with Gasteiger partial charge in [0.25, 0.3) is 0 Å². The van der Waals surface area contributed by atoms with Crippen LogP contribution >= 0.6 is 12.4 Å². The molecule has 2 atom stereocenters. The Bertz CT molecular complexity index is 438. The van der Waals surface area contributed by atoms with Crippen molar-refractivity contribution >= 4 is 12.4 Å². The molecule has 0 radical (unpaired) electrons. The highest BCUT2D eigenvalue weighted by atomic mass is 35.5. The third-order valence-corrected chi connectivity index (χ3v) is 4.05. The van der Waals surface area contributed by atoms with E-state index in [4.69, 9.17) is 9.47 Å². The molecule has 1 aromatic carbocycles. The van der Waals surface area contributed by atoms with Crippen molar-refractivity contribution in [3.8, 4) is 11.5 Å². The predicted molar refractivity (Wildman–Crippen MR) is 86.7 cm³/mol. The zero-order chi connectivity index (χ0) is 13.8. The summed E-state index contributed by atoms with van der Waals surface area (Å²) in [4.78, 5) is 2.37. The first-order valence-electron chi connectivity index (χ1n) is 7.59. The summed E-state index contributed by atoms with van der Waals surface area (Å²) in [6, 6.07) is 7.90. The van der Waals surface area contributed by atoms with Crippen molar-refractivity contribution in [1.82, 2.24) is 10.2 Å². The minimum absolute atomic E-state index is 0. The first-order valence-corrected chi connectivity index (χ1v) is 7.59. The maximum atomic E-state index is 6.01. The third kappa shape index (κ3) is 4.50. The Morgan fingerprint density at radius 2 is 2.05 bits per heavy atom. The number of nitrogens with zero attached hydrogens (tertiary/aromatic N) is 1. The lowest BCUT2D eigenvalue weighted by Crippen LogP contribution is -2.43. The molecule has 1 saturated heterocycles. The second kappa shape index (κ2) is 7.87. The zero-order valence-corrected chi connectivity index (χ0v) is 13.4. The molecule has 4 nitrogen and oxygen atoms in total. The Balaban J connectivity index is 0.00000161. The molecule has 1 aromatic rings. The first kappa shape index (κ1) is 16.4. The first-order chi connectivity index (χ1) is 9.81. The van der Waals surface area contributed by atoms with E-state index in [9.17, 15) is 0 Å². The number of ether oxygens (including phenoxy) is 2. The van der Waals surface area contributed by atoms with Gasteiger partial charge in [-0.25, -0.2) is 0 Å². The van der Waals surface area contributed by atoms with Gasteiger partial charge in [-0.05, 0) is 51.0 Å². The highest BCUT2D eigenvalue weighted by Crippen LogP contribution is 2.31. The molecular formula is C16H25ClN2O2. The zero-order valence-electron chi connectivity index (χ0n) is 12.6. The average Bonchev–Trinajstić information content (AvgIpc) is 2.48. The number of fused-ring (bicyclic) bond motifs is 1. The quantitative estimate of drug-likeness (QED) is 0.924. The van der Waals surface area contributed by atoms with E-state index in [1.807, 2.05) is 24.3 Å². The van der Waals surface area contributed by atoms with Gasteiger partial charge in [0, 0.05) is 13.1 Å². The number of likely N-dealkylation sites (N-methyl/N-ethyl adjacent to an activating group) is 1. The van der Waals surface area contributed by atoms with E-state index >= 15 is 0 Å². The van der Waals surface area contributed by atoms with Crippen LogP contribution in [0, 0.1) is 5.92 Å². The molecule has 0 aromatic heterocycles. The summed E-state index contributed by atoms with van der Waals surface area (Å²) < 4.78 is 11.8. The van der Waals surface area contributed by atoms with Crippen LogP contribution in [0.4, 0.5) is 0 Å². The van der Waals surface area contributed by atoms with E-state index in [0.717, 1.165) is 37.1 Å². The van der Waals surface area contributed by atoms with Crippen molar-refractivity contribution < 1.29 is 9.47 Å². The Morgan fingerprint density at radius 1 is 1.24 bits per heavy atom. The predicted octanol–water partition coefficient (Wildman–Crippen LogP) is 2.18. The number of hydrogen-bond donors (Lipinski definition) is 1. The van der Waals surface area contributed by atoms with Gasteiger partial charge in [-0.15, -0.1) is 12.4 Å². The number of para-hydroxylation sites is 2. The fourth-order valence-corrected chi connectivity index (χ4v) is 3.10. The molecule has 1 fully saturated rings. The number of halogens is 1. The number of nitrogens with one attached hydrogen (secondary N) is 1. The van der Waals surface area contributed by atoms with E-state index in [2.05, 4.69) is 17.3 Å². The van der Waals surface area contributed by atoms with Crippen LogP contribution in [0.3, 0.4) is 0 Å². The van der Waals surface area contributed by atoms with Crippen molar-refractivity contribution in [2.45, 2.75) is 18.9 Å². The van der Waals surface area contributed by atoms with E-state index in [1.165, 1.54) is 19.4 Å². The molecule has 2 unspecified atom stereocenters. The van der Waals surface area contributed by atoms with E-state index < -0.39 is 0 Å². The normalized spacial score (nSPS) is 24.5. The van der Waals surface area contributed by atoms with Crippen LogP contribution in [-0.2, 0) is 0 Å². The lowest BCUT2D eigenvalue weighted by atomic mass is 9.99. The molecule has 0 aliphatic carbocycles. The summed E-state index contributed by atoms with van der Waals surface area (Å²) in [6.45, 7) is 5.02. The Hall–Kier alpha value is -0.970. The summed E-state index contributed by atoms with van der Waals surface area (Å²) in [5, 5.41) is 3.47. The smallest absolute Gasteiger partial charge is 0.161 e. The minimum Gasteiger partial charge on any atom is -0.486 e. The van der Waals surface area contributed by atoms with Crippen LogP contribution in [0.5, 0.6) is 11.5 Å². The Kier molecular flexibility index (Phi) is 6.15. The number of hydrogen-bond acceptors (Lipinski definition) is 4. The lowest BCUT2D eigenvalue weighted by Gasteiger charge is -2.32. The second-order valence-corrected chi connectivity index (χ2v) is 5.93. The molecule has 2 heterocycles. The van der Waals surface area contributed by atoms with Gasteiger partial charge < -0.3 is 19.7 Å². The Labute approximate surface area is 133 Å². The van der Waals surface area contributed by atoms with Crippen molar-refractivity contribution in [3.05, 3.63) is 24.3 Å². The van der Waals surface area contributed by atoms with Gasteiger partial charge in [0.1, 0.15) is 12.7 Å². The van der Waals surface area contributed by atoms with E-state index in [-0.39, 0.29) is 18.5 Å². The molecule has 118 valence electrons. The maximum absolute atomic E-state index is 6.01. The maximum Gasteiger partial charge on any atom is 0.161 e. The lowest BCUT2D eigenvalue weighted by molar-refractivity contribution is 0.0606. The van der Waals surface area contributed by atoms with Crippen molar-refractivity contribution in [3.63, 3.8) is 0 Å². The van der Waals surface area contributed by atoms with Gasteiger partial charge in [-0.2, -0.15) is 0 Å². The summed E-state index contributed by atoms with van der Waals surface area (Å²) in [5.74, 6) is 2.50. The van der Waals surface area contributed by atoms with E-state index in [0.29, 0.717) is 6.61 Å². The highest BCUT2D eigenvalue weighted by Gasteiger charge is 2.23. The second-order valence-electron chi connectivity index (χ2n) is 5.93. The SMILES string of the molecule is CN(CC1CCCNC1)CC1COc2ccccc2O1.Cl. The summed E-state index contributed by atoms with van der Waals surface area (Å²) in [6.07, 6.45) is 2.77.